The summed E-state index contributed by atoms with van der Waals surface area (Å²) < 4.78 is 43.7. The highest BCUT2D eigenvalue weighted by molar-refractivity contribution is 5.97. The van der Waals surface area contributed by atoms with Crippen LogP contribution in [0.3, 0.4) is 0 Å². The van der Waals surface area contributed by atoms with Gasteiger partial charge in [0.15, 0.2) is 6.61 Å². The first-order valence-corrected chi connectivity index (χ1v) is 5.43. The summed E-state index contributed by atoms with van der Waals surface area (Å²) in [6.45, 7) is -0.409. The lowest BCUT2D eigenvalue weighted by Gasteiger charge is -2.06. The molecule has 2 aromatic carbocycles. The third-order valence-electron chi connectivity index (χ3n) is 2.42. The lowest BCUT2D eigenvalue weighted by atomic mass is 10.1. The minimum Gasteiger partial charge on any atom is -0.485 e. The highest BCUT2D eigenvalue weighted by atomic mass is 19.1. The van der Waals surface area contributed by atoms with Crippen molar-refractivity contribution in [3.8, 4) is 5.75 Å². The Balaban J connectivity index is 2.03. The molecule has 0 spiro atoms. The van der Waals surface area contributed by atoms with Crippen LogP contribution in [0.25, 0.3) is 0 Å². The fourth-order valence-electron chi connectivity index (χ4n) is 1.47. The maximum absolute atomic E-state index is 13.3. The molecular weight excluding hydrogens is 257 g/mol. The topological polar surface area (TPSA) is 26.3 Å². The molecule has 5 heteroatoms. The van der Waals surface area contributed by atoms with Crippen LogP contribution in [0.2, 0.25) is 0 Å². The largest absolute Gasteiger partial charge is 0.485 e. The van der Waals surface area contributed by atoms with Crippen LogP contribution in [0.1, 0.15) is 10.4 Å². The molecule has 0 N–H and O–H groups in total. The minimum absolute atomic E-state index is 0.247. The van der Waals surface area contributed by atoms with Gasteiger partial charge in [-0.1, -0.05) is 0 Å². The molecule has 0 heterocycles. The number of carbonyl (C=O) groups is 1. The first-order valence-electron chi connectivity index (χ1n) is 5.43. The number of ketones is 1. The molecule has 0 aliphatic rings. The van der Waals surface area contributed by atoms with Crippen molar-refractivity contribution in [3.05, 3.63) is 65.5 Å². The zero-order chi connectivity index (χ0) is 13.8. The second-order valence-corrected chi connectivity index (χ2v) is 3.79. The molecule has 98 valence electrons. The molecule has 0 atom stereocenters. The number of hydrogen-bond acceptors (Lipinski definition) is 2. The molecule has 2 rings (SSSR count). The van der Waals surface area contributed by atoms with E-state index in [0.717, 1.165) is 12.1 Å². The summed E-state index contributed by atoms with van der Waals surface area (Å²) in [5, 5.41) is 0. The Morgan fingerprint density at radius 3 is 2.21 bits per heavy atom. The second kappa shape index (κ2) is 5.56. The number of halogens is 3. The predicted molar refractivity (Wildman–Crippen MR) is 62.6 cm³/mol. The summed E-state index contributed by atoms with van der Waals surface area (Å²) >= 11 is 0. The van der Waals surface area contributed by atoms with Crippen LogP contribution in [0.15, 0.2) is 42.5 Å². The fraction of sp³-hybridized carbons (Fsp3) is 0.0714. The van der Waals surface area contributed by atoms with Gasteiger partial charge in [0.1, 0.15) is 23.2 Å². The standard InChI is InChI=1S/C14H9F3O2/c15-9-1-4-11(5-2-9)19-8-14(18)12-6-3-10(16)7-13(12)17/h1-7H,8H2. The molecule has 0 unspecified atom stereocenters. The van der Waals surface area contributed by atoms with Gasteiger partial charge in [-0.15, -0.1) is 0 Å². The molecule has 0 amide bonds. The van der Waals surface area contributed by atoms with Crippen LogP contribution in [0.5, 0.6) is 5.75 Å². The van der Waals surface area contributed by atoms with Gasteiger partial charge in [0, 0.05) is 6.07 Å². The lowest BCUT2D eigenvalue weighted by molar-refractivity contribution is 0.0917. The molecule has 0 saturated carbocycles. The maximum atomic E-state index is 13.3. The summed E-state index contributed by atoms with van der Waals surface area (Å²) in [6.07, 6.45) is 0. The van der Waals surface area contributed by atoms with Crippen LogP contribution in [0, 0.1) is 17.5 Å². The zero-order valence-corrected chi connectivity index (χ0v) is 9.70. The molecule has 0 radical (unpaired) electrons. The van der Waals surface area contributed by atoms with Crippen LogP contribution >= 0.6 is 0 Å². The smallest absolute Gasteiger partial charge is 0.203 e. The van der Waals surface area contributed by atoms with Crippen molar-refractivity contribution >= 4 is 5.78 Å². The average Bonchev–Trinajstić information content (AvgIpc) is 2.37. The molecular formula is C14H9F3O2. The van der Waals surface area contributed by atoms with E-state index < -0.39 is 29.8 Å². The van der Waals surface area contributed by atoms with E-state index in [1.54, 1.807) is 0 Å². The second-order valence-electron chi connectivity index (χ2n) is 3.79. The third-order valence-corrected chi connectivity index (χ3v) is 2.42. The molecule has 0 aliphatic carbocycles. The van der Waals surface area contributed by atoms with Gasteiger partial charge in [-0.25, -0.2) is 13.2 Å². The molecule has 0 bridgehead atoms. The summed E-state index contributed by atoms with van der Waals surface area (Å²) in [6, 6.07) is 7.74. The highest BCUT2D eigenvalue weighted by Gasteiger charge is 2.13. The normalized spacial score (nSPS) is 10.3. The van der Waals surface area contributed by atoms with Crippen molar-refractivity contribution < 1.29 is 22.7 Å². The predicted octanol–water partition coefficient (Wildman–Crippen LogP) is 3.37. The Labute approximate surface area is 107 Å². The molecule has 0 aromatic heterocycles. The van der Waals surface area contributed by atoms with Gasteiger partial charge in [0.25, 0.3) is 0 Å². The Bertz CT molecular complexity index is 594. The van der Waals surface area contributed by atoms with Gasteiger partial charge in [0.05, 0.1) is 5.56 Å². The Morgan fingerprint density at radius 1 is 0.947 bits per heavy atom. The van der Waals surface area contributed by atoms with Crippen molar-refractivity contribution in [2.75, 3.05) is 6.61 Å². The van der Waals surface area contributed by atoms with E-state index in [-0.39, 0.29) is 11.3 Å². The van der Waals surface area contributed by atoms with E-state index in [0.29, 0.717) is 6.07 Å². The molecule has 2 aromatic rings. The van der Waals surface area contributed by atoms with Gasteiger partial charge in [-0.2, -0.15) is 0 Å². The van der Waals surface area contributed by atoms with E-state index in [1.165, 1.54) is 24.3 Å². The monoisotopic (exact) mass is 266 g/mol. The van der Waals surface area contributed by atoms with Crippen LogP contribution in [0.4, 0.5) is 13.2 Å². The quantitative estimate of drug-likeness (QED) is 0.793. The van der Waals surface area contributed by atoms with Gasteiger partial charge in [-0.3, -0.25) is 4.79 Å². The number of Topliss-reactive ketones (excluding diaryl/α,β-unsaturated/α-hetero) is 1. The number of carbonyl (C=O) groups excluding carboxylic acids is 1. The summed E-state index contributed by atoms with van der Waals surface area (Å²) in [5.41, 5.74) is -0.247. The van der Waals surface area contributed by atoms with E-state index in [9.17, 15) is 18.0 Å². The number of ether oxygens (including phenoxy) is 1. The Kier molecular flexibility index (Phi) is 3.85. The first kappa shape index (κ1) is 13.1. The Morgan fingerprint density at radius 2 is 1.58 bits per heavy atom. The first-order chi connectivity index (χ1) is 9.06. The maximum Gasteiger partial charge on any atom is 0.203 e. The van der Waals surface area contributed by atoms with E-state index in [1.807, 2.05) is 0 Å². The van der Waals surface area contributed by atoms with Crippen LogP contribution in [-0.4, -0.2) is 12.4 Å². The number of hydrogen-bond donors (Lipinski definition) is 0. The molecule has 0 aliphatic heterocycles. The van der Waals surface area contributed by atoms with E-state index in [4.69, 9.17) is 4.74 Å². The van der Waals surface area contributed by atoms with Gasteiger partial charge < -0.3 is 4.74 Å². The van der Waals surface area contributed by atoms with Gasteiger partial charge >= 0.3 is 0 Å². The molecule has 0 fully saturated rings. The fourth-order valence-corrected chi connectivity index (χ4v) is 1.47. The average molecular weight is 266 g/mol. The van der Waals surface area contributed by atoms with Crippen LogP contribution < -0.4 is 4.74 Å². The molecule has 2 nitrogen and oxygen atoms in total. The van der Waals surface area contributed by atoms with Crippen LogP contribution in [-0.2, 0) is 0 Å². The number of rotatable bonds is 4. The summed E-state index contributed by atoms with van der Waals surface area (Å²) in [5.74, 6) is -2.46. The third kappa shape index (κ3) is 3.34. The molecule has 0 saturated heterocycles. The summed E-state index contributed by atoms with van der Waals surface area (Å²) in [4.78, 5) is 11.7. The van der Waals surface area contributed by atoms with Crippen molar-refractivity contribution in [1.82, 2.24) is 0 Å². The lowest BCUT2D eigenvalue weighted by Crippen LogP contribution is -2.13. The van der Waals surface area contributed by atoms with Crippen molar-refractivity contribution in [2.45, 2.75) is 0 Å². The molecule has 19 heavy (non-hydrogen) atoms. The van der Waals surface area contributed by atoms with Gasteiger partial charge in [-0.05, 0) is 36.4 Å². The summed E-state index contributed by atoms with van der Waals surface area (Å²) in [7, 11) is 0. The number of benzene rings is 2. The Hall–Kier alpha value is -2.30. The SMILES string of the molecule is O=C(COc1ccc(F)cc1)c1ccc(F)cc1F. The van der Waals surface area contributed by atoms with E-state index >= 15 is 0 Å². The van der Waals surface area contributed by atoms with Crippen molar-refractivity contribution in [1.29, 1.82) is 0 Å². The van der Waals surface area contributed by atoms with Gasteiger partial charge in [0.2, 0.25) is 5.78 Å². The van der Waals surface area contributed by atoms with Crippen molar-refractivity contribution in [2.24, 2.45) is 0 Å². The zero-order valence-electron chi connectivity index (χ0n) is 9.70. The minimum atomic E-state index is -0.937. The van der Waals surface area contributed by atoms with Crippen molar-refractivity contribution in [3.63, 3.8) is 0 Å². The van der Waals surface area contributed by atoms with E-state index in [2.05, 4.69) is 0 Å². The highest BCUT2D eigenvalue weighted by Crippen LogP contribution is 2.13.